The molecular formula is C13H23N3O3. The van der Waals surface area contributed by atoms with Crippen LogP contribution in [0.4, 0.5) is 0 Å². The lowest BCUT2D eigenvalue weighted by atomic mass is 10.1. The Morgan fingerprint density at radius 3 is 2.26 bits per heavy atom. The molecule has 0 aromatic heterocycles. The first-order chi connectivity index (χ1) is 9.16. The molecule has 2 rings (SSSR count). The Morgan fingerprint density at radius 1 is 1.11 bits per heavy atom. The third kappa shape index (κ3) is 4.18. The van der Waals surface area contributed by atoms with E-state index in [0.717, 1.165) is 25.9 Å². The predicted molar refractivity (Wildman–Crippen MR) is 70.7 cm³/mol. The highest BCUT2D eigenvalue weighted by Gasteiger charge is 2.23. The SMILES string of the molecule is CC(=O)N1CCN(C(=O)COC2CCNCC2)CC1. The molecule has 0 aliphatic carbocycles. The van der Waals surface area contributed by atoms with Crippen molar-refractivity contribution in [3.05, 3.63) is 0 Å². The van der Waals surface area contributed by atoms with Crippen molar-refractivity contribution >= 4 is 11.8 Å². The lowest BCUT2D eigenvalue weighted by molar-refractivity contribution is -0.143. The van der Waals surface area contributed by atoms with E-state index in [9.17, 15) is 9.59 Å². The number of amides is 2. The summed E-state index contributed by atoms with van der Waals surface area (Å²) in [6.07, 6.45) is 2.17. The van der Waals surface area contributed by atoms with Crippen LogP contribution in [0.5, 0.6) is 0 Å². The number of rotatable bonds is 3. The zero-order valence-corrected chi connectivity index (χ0v) is 11.6. The van der Waals surface area contributed by atoms with Crippen LogP contribution in [-0.4, -0.2) is 73.6 Å². The normalized spacial score (nSPS) is 21.5. The highest BCUT2D eigenvalue weighted by molar-refractivity contribution is 5.78. The summed E-state index contributed by atoms with van der Waals surface area (Å²) in [7, 11) is 0. The van der Waals surface area contributed by atoms with Crippen LogP contribution in [0.1, 0.15) is 19.8 Å². The van der Waals surface area contributed by atoms with E-state index in [0.29, 0.717) is 26.2 Å². The molecule has 2 aliphatic rings. The molecule has 2 heterocycles. The maximum atomic E-state index is 12.0. The van der Waals surface area contributed by atoms with Crippen LogP contribution in [0.3, 0.4) is 0 Å². The Morgan fingerprint density at radius 2 is 1.68 bits per heavy atom. The Bertz CT molecular complexity index is 321. The zero-order chi connectivity index (χ0) is 13.7. The van der Waals surface area contributed by atoms with Crippen LogP contribution in [0.2, 0.25) is 0 Å². The van der Waals surface area contributed by atoms with E-state index in [1.54, 1.807) is 16.7 Å². The van der Waals surface area contributed by atoms with Crippen molar-refractivity contribution in [1.29, 1.82) is 0 Å². The summed E-state index contributed by atoms with van der Waals surface area (Å²) in [5.74, 6) is 0.125. The third-order valence-corrected chi connectivity index (χ3v) is 3.81. The lowest BCUT2D eigenvalue weighted by Gasteiger charge is -2.34. The molecule has 6 heteroatoms. The van der Waals surface area contributed by atoms with E-state index in [1.807, 2.05) is 0 Å². The van der Waals surface area contributed by atoms with Gasteiger partial charge in [0.1, 0.15) is 6.61 Å². The number of piperidine rings is 1. The molecule has 0 saturated carbocycles. The number of hydrogen-bond acceptors (Lipinski definition) is 4. The first-order valence-electron chi connectivity index (χ1n) is 7.02. The molecular weight excluding hydrogens is 246 g/mol. The molecule has 0 atom stereocenters. The van der Waals surface area contributed by atoms with Gasteiger partial charge in [0.05, 0.1) is 6.10 Å². The molecule has 6 nitrogen and oxygen atoms in total. The van der Waals surface area contributed by atoms with Crippen LogP contribution >= 0.6 is 0 Å². The summed E-state index contributed by atoms with van der Waals surface area (Å²) in [4.78, 5) is 26.8. The van der Waals surface area contributed by atoms with Gasteiger partial charge in [-0.1, -0.05) is 0 Å². The van der Waals surface area contributed by atoms with Crippen molar-refractivity contribution in [3.8, 4) is 0 Å². The minimum atomic E-state index is 0.0433. The Kier molecular flexibility index (Phi) is 5.15. The largest absolute Gasteiger partial charge is 0.368 e. The summed E-state index contributed by atoms with van der Waals surface area (Å²) in [5, 5.41) is 3.27. The van der Waals surface area contributed by atoms with Gasteiger partial charge in [0, 0.05) is 33.1 Å². The zero-order valence-electron chi connectivity index (χ0n) is 11.6. The first kappa shape index (κ1) is 14.3. The van der Waals surface area contributed by atoms with Gasteiger partial charge in [-0.25, -0.2) is 0 Å². The van der Waals surface area contributed by atoms with Gasteiger partial charge in [-0.3, -0.25) is 9.59 Å². The summed E-state index contributed by atoms with van der Waals surface area (Å²) < 4.78 is 5.66. The van der Waals surface area contributed by atoms with Gasteiger partial charge < -0.3 is 19.9 Å². The van der Waals surface area contributed by atoms with Gasteiger partial charge in [-0.05, 0) is 25.9 Å². The van der Waals surface area contributed by atoms with Crippen molar-refractivity contribution in [3.63, 3.8) is 0 Å². The van der Waals surface area contributed by atoms with E-state index in [1.165, 1.54) is 0 Å². The second-order valence-corrected chi connectivity index (χ2v) is 5.15. The number of carbonyl (C=O) groups is 2. The Labute approximate surface area is 114 Å². The average molecular weight is 269 g/mol. The molecule has 19 heavy (non-hydrogen) atoms. The lowest BCUT2D eigenvalue weighted by Crippen LogP contribution is -2.51. The van der Waals surface area contributed by atoms with Crippen LogP contribution in [0.15, 0.2) is 0 Å². The summed E-state index contributed by atoms with van der Waals surface area (Å²) >= 11 is 0. The maximum Gasteiger partial charge on any atom is 0.248 e. The van der Waals surface area contributed by atoms with Gasteiger partial charge in [-0.2, -0.15) is 0 Å². The molecule has 2 aliphatic heterocycles. The van der Waals surface area contributed by atoms with Crippen molar-refractivity contribution in [2.45, 2.75) is 25.9 Å². The van der Waals surface area contributed by atoms with E-state index in [-0.39, 0.29) is 24.5 Å². The highest BCUT2D eigenvalue weighted by Crippen LogP contribution is 2.08. The Hall–Kier alpha value is -1.14. The van der Waals surface area contributed by atoms with Gasteiger partial charge in [0.15, 0.2) is 0 Å². The molecule has 0 radical (unpaired) electrons. The number of nitrogens with one attached hydrogen (secondary N) is 1. The quantitative estimate of drug-likeness (QED) is 0.746. The van der Waals surface area contributed by atoms with Crippen molar-refractivity contribution in [1.82, 2.24) is 15.1 Å². The van der Waals surface area contributed by atoms with Crippen molar-refractivity contribution in [2.75, 3.05) is 45.9 Å². The van der Waals surface area contributed by atoms with E-state index in [2.05, 4.69) is 5.32 Å². The van der Waals surface area contributed by atoms with Crippen molar-refractivity contribution in [2.24, 2.45) is 0 Å². The van der Waals surface area contributed by atoms with Crippen LogP contribution in [0, 0.1) is 0 Å². The molecule has 108 valence electrons. The van der Waals surface area contributed by atoms with Gasteiger partial charge in [0.2, 0.25) is 11.8 Å². The maximum absolute atomic E-state index is 12.0. The van der Waals surface area contributed by atoms with Gasteiger partial charge in [-0.15, -0.1) is 0 Å². The average Bonchev–Trinajstić information content (AvgIpc) is 2.46. The Balaban J connectivity index is 1.67. The van der Waals surface area contributed by atoms with E-state index in [4.69, 9.17) is 4.74 Å². The summed E-state index contributed by atoms with van der Waals surface area (Å²) in [6, 6.07) is 0. The number of piperazine rings is 1. The molecule has 0 aromatic rings. The minimum Gasteiger partial charge on any atom is -0.368 e. The number of hydrogen-bond donors (Lipinski definition) is 1. The topological polar surface area (TPSA) is 61.9 Å². The summed E-state index contributed by atoms with van der Waals surface area (Å²) in [6.45, 7) is 6.18. The predicted octanol–water partition coefficient (Wildman–Crippen LogP) is -0.554. The molecule has 2 fully saturated rings. The number of carbonyl (C=O) groups excluding carboxylic acids is 2. The van der Waals surface area contributed by atoms with Crippen LogP contribution in [-0.2, 0) is 14.3 Å². The molecule has 2 amide bonds. The first-order valence-corrected chi connectivity index (χ1v) is 7.02. The highest BCUT2D eigenvalue weighted by atomic mass is 16.5. The second kappa shape index (κ2) is 6.86. The van der Waals surface area contributed by atoms with E-state index < -0.39 is 0 Å². The smallest absolute Gasteiger partial charge is 0.248 e. The fraction of sp³-hybridized carbons (Fsp3) is 0.846. The number of nitrogens with zero attached hydrogens (tertiary/aromatic N) is 2. The fourth-order valence-electron chi connectivity index (χ4n) is 2.51. The number of ether oxygens (including phenoxy) is 1. The summed E-state index contributed by atoms with van der Waals surface area (Å²) in [5.41, 5.74) is 0. The van der Waals surface area contributed by atoms with Gasteiger partial charge in [0.25, 0.3) is 0 Å². The monoisotopic (exact) mass is 269 g/mol. The van der Waals surface area contributed by atoms with Crippen molar-refractivity contribution < 1.29 is 14.3 Å². The fourth-order valence-corrected chi connectivity index (χ4v) is 2.51. The molecule has 1 N–H and O–H groups in total. The van der Waals surface area contributed by atoms with E-state index >= 15 is 0 Å². The standard InChI is InChI=1S/C13H23N3O3/c1-11(17)15-6-8-16(9-7-15)13(18)10-19-12-2-4-14-5-3-12/h12,14H,2-10H2,1H3. The minimum absolute atomic E-state index is 0.0433. The molecule has 0 aromatic carbocycles. The second-order valence-electron chi connectivity index (χ2n) is 5.15. The van der Waals surface area contributed by atoms with Crippen LogP contribution < -0.4 is 5.32 Å². The molecule has 0 unspecified atom stereocenters. The van der Waals surface area contributed by atoms with Gasteiger partial charge >= 0.3 is 0 Å². The molecule has 0 bridgehead atoms. The molecule has 2 saturated heterocycles. The van der Waals surface area contributed by atoms with Crippen LogP contribution in [0.25, 0.3) is 0 Å². The third-order valence-electron chi connectivity index (χ3n) is 3.81. The molecule has 0 spiro atoms.